The highest BCUT2D eigenvalue weighted by molar-refractivity contribution is 6.09. The van der Waals surface area contributed by atoms with Crippen LogP contribution in [0.15, 0.2) is 191 Å². The predicted octanol–water partition coefficient (Wildman–Crippen LogP) is 14.2. The molecule has 54 heavy (non-hydrogen) atoms. The zero-order valence-corrected chi connectivity index (χ0v) is 29.8. The summed E-state index contributed by atoms with van der Waals surface area (Å²) in [5.74, 6) is 0. The second kappa shape index (κ2) is 11.8. The van der Waals surface area contributed by atoms with Crippen LogP contribution in [-0.2, 0) is 11.8 Å². The quantitative estimate of drug-likeness (QED) is 0.174. The van der Waals surface area contributed by atoms with Gasteiger partial charge in [0, 0.05) is 44.0 Å². The maximum Gasteiger partial charge on any atom is 0.135 e. The number of anilines is 3. The summed E-state index contributed by atoms with van der Waals surface area (Å²) in [4.78, 5) is 2.33. The molecule has 0 spiro atoms. The van der Waals surface area contributed by atoms with Crippen molar-refractivity contribution in [3.05, 3.63) is 199 Å². The molecule has 1 aliphatic carbocycles. The summed E-state index contributed by atoms with van der Waals surface area (Å²) in [7, 11) is 0. The van der Waals surface area contributed by atoms with Gasteiger partial charge in [0.2, 0.25) is 0 Å². The first-order valence-electron chi connectivity index (χ1n) is 18.6. The van der Waals surface area contributed by atoms with Gasteiger partial charge in [-0.3, -0.25) is 0 Å². The minimum Gasteiger partial charge on any atom is -0.456 e. The van der Waals surface area contributed by atoms with E-state index in [1.165, 1.54) is 44.3 Å². The third-order valence-corrected chi connectivity index (χ3v) is 11.6. The summed E-state index contributed by atoms with van der Waals surface area (Å²) in [6.45, 7) is 2.42. The van der Waals surface area contributed by atoms with Gasteiger partial charge in [0.1, 0.15) is 22.3 Å². The van der Waals surface area contributed by atoms with Gasteiger partial charge in [-0.25, -0.2) is 0 Å². The lowest BCUT2D eigenvalue weighted by Crippen LogP contribution is -2.24. The minimum absolute atomic E-state index is 0.228. The Morgan fingerprint density at radius 1 is 0.426 bits per heavy atom. The second-order valence-electron chi connectivity index (χ2n) is 14.7. The van der Waals surface area contributed by atoms with Crippen LogP contribution in [0.25, 0.3) is 66.1 Å². The molecule has 0 unspecified atom stereocenters. The largest absolute Gasteiger partial charge is 0.456 e. The van der Waals surface area contributed by atoms with E-state index < -0.39 is 0 Å². The molecule has 3 nitrogen and oxygen atoms in total. The molecular weight excluding hydrogens is 659 g/mol. The van der Waals surface area contributed by atoms with Gasteiger partial charge in [-0.2, -0.15) is 0 Å². The summed E-state index contributed by atoms with van der Waals surface area (Å²) in [6, 6.07) is 65.1. The van der Waals surface area contributed by atoms with E-state index in [1.807, 2.05) is 12.1 Å². The molecule has 256 valence electrons. The van der Waals surface area contributed by atoms with Gasteiger partial charge in [-0.05, 0) is 106 Å². The topological polar surface area (TPSA) is 29.5 Å². The number of para-hydroxylation sites is 3. The molecule has 0 saturated carbocycles. The highest BCUT2D eigenvalue weighted by Gasteiger charge is 2.40. The van der Waals surface area contributed by atoms with E-state index in [1.54, 1.807) is 0 Å². The lowest BCUT2D eigenvalue weighted by Gasteiger charge is -2.29. The van der Waals surface area contributed by atoms with E-state index in [0.29, 0.717) is 0 Å². The van der Waals surface area contributed by atoms with E-state index >= 15 is 0 Å². The van der Waals surface area contributed by atoms with E-state index in [-0.39, 0.29) is 5.41 Å². The molecule has 3 heteroatoms. The number of furan rings is 2. The number of nitrogens with zero attached hydrogens (tertiary/aromatic N) is 1. The van der Waals surface area contributed by atoms with Gasteiger partial charge in [0.15, 0.2) is 0 Å². The molecular formula is C51H35NO2. The number of rotatable bonds is 6. The molecule has 1 aliphatic rings. The summed E-state index contributed by atoms with van der Waals surface area (Å²) in [5.41, 5.74) is 15.8. The van der Waals surface area contributed by atoms with Crippen molar-refractivity contribution >= 4 is 60.9 Å². The van der Waals surface area contributed by atoms with Crippen LogP contribution in [0.1, 0.15) is 23.6 Å². The SMILES string of the molecule is CC1(Cc2c(-c3ccc(N(c4ccccc4)c4ccc5oc6ccccc6c5c4)cc3)ccc3oc4ccccc4c23)c2ccccc2-c2ccccc21. The van der Waals surface area contributed by atoms with Crippen LogP contribution in [-0.4, -0.2) is 0 Å². The average Bonchev–Trinajstić information content (AvgIpc) is 3.87. The normalized spacial score (nSPS) is 13.1. The van der Waals surface area contributed by atoms with E-state index in [2.05, 4.69) is 182 Å². The van der Waals surface area contributed by atoms with Crippen molar-refractivity contribution in [3.8, 4) is 22.3 Å². The van der Waals surface area contributed by atoms with Gasteiger partial charge in [0.25, 0.3) is 0 Å². The van der Waals surface area contributed by atoms with Gasteiger partial charge < -0.3 is 13.7 Å². The molecule has 0 bridgehead atoms. The molecule has 2 aromatic heterocycles. The van der Waals surface area contributed by atoms with Crippen LogP contribution in [0.4, 0.5) is 17.1 Å². The smallest absolute Gasteiger partial charge is 0.135 e. The van der Waals surface area contributed by atoms with Crippen LogP contribution in [0, 0.1) is 0 Å². The zero-order chi connectivity index (χ0) is 35.8. The minimum atomic E-state index is -0.228. The third kappa shape index (κ3) is 4.61. The standard InChI is InChI=1S/C51H35NO2/c1-51(44-19-9-5-15-38(44)39-16-6-10-20-45(39)51)32-43-37(28-30-49-50(43)41-18-8-12-22-47(41)54-49)33-23-25-35(26-24-33)52(34-13-3-2-4-14-34)36-27-29-48-42(31-36)40-17-7-11-21-46(40)53-48/h2-31H,32H2,1H3. The van der Waals surface area contributed by atoms with Crippen LogP contribution < -0.4 is 4.90 Å². The average molecular weight is 694 g/mol. The molecule has 11 rings (SSSR count). The van der Waals surface area contributed by atoms with E-state index in [0.717, 1.165) is 62.0 Å². The Bertz CT molecular complexity index is 2990. The van der Waals surface area contributed by atoms with Crippen LogP contribution in [0.2, 0.25) is 0 Å². The maximum absolute atomic E-state index is 6.51. The zero-order valence-electron chi connectivity index (χ0n) is 29.8. The highest BCUT2D eigenvalue weighted by atomic mass is 16.3. The Labute approximate surface area is 313 Å². The number of fused-ring (bicyclic) bond motifs is 9. The van der Waals surface area contributed by atoms with E-state index in [4.69, 9.17) is 8.83 Å². The fourth-order valence-electron chi connectivity index (χ4n) is 9.10. The predicted molar refractivity (Wildman–Crippen MR) is 223 cm³/mol. The molecule has 0 radical (unpaired) electrons. The Balaban J connectivity index is 1.08. The monoisotopic (exact) mass is 693 g/mol. The molecule has 0 amide bonds. The molecule has 0 N–H and O–H groups in total. The van der Waals surface area contributed by atoms with Gasteiger partial charge in [-0.1, -0.05) is 128 Å². The molecule has 8 aromatic carbocycles. The first-order chi connectivity index (χ1) is 26.6. The fourth-order valence-corrected chi connectivity index (χ4v) is 9.10. The first kappa shape index (κ1) is 30.8. The van der Waals surface area contributed by atoms with Crippen molar-refractivity contribution in [3.63, 3.8) is 0 Å². The Kier molecular flexibility index (Phi) is 6.74. The Hall–Kier alpha value is -6.84. The van der Waals surface area contributed by atoms with E-state index in [9.17, 15) is 0 Å². The Morgan fingerprint density at radius 3 is 1.70 bits per heavy atom. The summed E-state index contributed by atoms with van der Waals surface area (Å²) < 4.78 is 12.7. The molecule has 0 saturated heterocycles. The molecule has 0 atom stereocenters. The van der Waals surface area contributed by atoms with Crippen LogP contribution in [0.5, 0.6) is 0 Å². The second-order valence-corrected chi connectivity index (χ2v) is 14.7. The van der Waals surface area contributed by atoms with Crippen molar-refractivity contribution in [2.24, 2.45) is 0 Å². The Morgan fingerprint density at radius 2 is 0.963 bits per heavy atom. The number of hydrogen-bond acceptors (Lipinski definition) is 3. The fraction of sp³-hybridized carbons (Fsp3) is 0.0588. The molecule has 2 heterocycles. The maximum atomic E-state index is 6.51. The lowest BCUT2D eigenvalue weighted by atomic mass is 9.73. The number of hydrogen-bond donors (Lipinski definition) is 0. The van der Waals surface area contributed by atoms with Gasteiger partial charge >= 0.3 is 0 Å². The van der Waals surface area contributed by atoms with Crippen LogP contribution in [0.3, 0.4) is 0 Å². The summed E-state index contributed by atoms with van der Waals surface area (Å²) >= 11 is 0. The first-order valence-corrected chi connectivity index (χ1v) is 18.6. The highest BCUT2D eigenvalue weighted by Crippen LogP contribution is 2.52. The van der Waals surface area contributed by atoms with Crippen molar-refractivity contribution in [1.82, 2.24) is 0 Å². The third-order valence-electron chi connectivity index (χ3n) is 11.6. The van der Waals surface area contributed by atoms with Gasteiger partial charge in [0.05, 0.1) is 0 Å². The summed E-state index contributed by atoms with van der Waals surface area (Å²) in [6.07, 6.45) is 0.827. The lowest BCUT2D eigenvalue weighted by molar-refractivity contribution is 0.585. The van der Waals surface area contributed by atoms with Crippen molar-refractivity contribution in [2.75, 3.05) is 4.90 Å². The molecule has 0 aliphatic heterocycles. The summed E-state index contributed by atoms with van der Waals surface area (Å²) in [5, 5.41) is 4.58. The van der Waals surface area contributed by atoms with Crippen molar-refractivity contribution in [1.29, 1.82) is 0 Å². The van der Waals surface area contributed by atoms with Crippen LogP contribution >= 0.6 is 0 Å². The number of benzene rings is 8. The van der Waals surface area contributed by atoms with Gasteiger partial charge in [-0.15, -0.1) is 0 Å². The van der Waals surface area contributed by atoms with Crippen molar-refractivity contribution in [2.45, 2.75) is 18.8 Å². The molecule has 0 fully saturated rings. The molecule has 10 aromatic rings. The van der Waals surface area contributed by atoms with Crippen molar-refractivity contribution < 1.29 is 8.83 Å².